The Morgan fingerprint density at radius 3 is 2.35 bits per heavy atom. The first kappa shape index (κ1) is 37.0. The van der Waals surface area contributed by atoms with E-state index in [0.717, 1.165) is 12.8 Å². The lowest BCUT2D eigenvalue weighted by atomic mass is 10.0. The third-order valence-corrected chi connectivity index (χ3v) is 9.69. The topological polar surface area (TPSA) is 161 Å². The Morgan fingerprint density at radius 1 is 1.04 bits per heavy atom. The largest absolute Gasteiger partial charge is 0.464 e. The fraction of sp³-hybridized carbons (Fsp3) is 0.576. The Bertz CT molecular complexity index is 1440. The third-order valence-electron chi connectivity index (χ3n) is 8.14. The lowest BCUT2D eigenvalue weighted by molar-refractivity contribution is -0.150. The molecule has 0 aliphatic heterocycles. The van der Waals surface area contributed by atoms with Crippen LogP contribution in [0.1, 0.15) is 73.6 Å². The molecule has 254 valence electrons. The van der Waals surface area contributed by atoms with Gasteiger partial charge in [-0.15, -0.1) is 0 Å². The molecule has 1 aromatic carbocycles. The van der Waals surface area contributed by atoms with Crippen molar-refractivity contribution >= 4 is 31.7 Å². The molecule has 3 N–H and O–H groups in total. The summed E-state index contributed by atoms with van der Waals surface area (Å²) in [5, 5.41) is 2.87. The number of anilines is 1. The average Bonchev–Trinajstić information content (AvgIpc) is 3.72. The van der Waals surface area contributed by atoms with Crippen LogP contribution in [0.5, 0.6) is 5.75 Å². The van der Waals surface area contributed by atoms with Gasteiger partial charge in [-0.3, -0.25) is 18.7 Å². The number of esters is 2. The zero-order valence-electron chi connectivity index (χ0n) is 27.8. The third kappa shape index (κ3) is 10.8. The zero-order chi connectivity index (χ0) is 33.9. The van der Waals surface area contributed by atoms with Crippen LogP contribution in [0.4, 0.5) is 5.82 Å². The summed E-state index contributed by atoms with van der Waals surface area (Å²) in [4.78, 5) is 42.1. The Kier molecular flexibility index (Phi) is 13.6. The number of nitrogen functional groups attached to an aromatic ring is 1. The van der Waals surface area contributed by atoms with Crippen LogP contribution in [0.2, 0.25) is 0 Å². The van der Waals surface area contributed by atoms with Crippen molar-refractivity contribution in [2.24, 2.45) is 23.2 Å². The van der Waals surface area contributed by atoms with Gasteiger partial charge in [-0.25, -0.2) is 9.36 Å². The Labute approximate surface area is 271 Å². The van der Waals surface area contributed by atoms with Crippen molar-refractivity contribution in [3.8, 4) is 5.75 Å². The summed E-state index contributed by atoms with van der Waals surface area (Å²) in [6.45, 7) is 11.6. The summed E-state index contributed by atoms with van der Waals surface area (Å²) in [7, 11) is -4.24. The number of hydrogen-bond donors (Lipinski definition) is 2. The van der Waals surface area contributed by atoms with Crippen LogP contribution in [0, 0.1) is 23.2 Å². The van der Waals surface area contributed by atoms with Gasteiger partial charge in [-0.2, -0.15) is 10.1 Å². The molecular weight excluding hydrogens is 611 g/mol. The fourth-order valence-electron chi connectivity index (χ4n) is 4.65. The maximum Gasteiger partial charge on any atom is 0.459 e. The average molecular weight is 661 g/mol. The van der Waals surface area contributed by atoms with Crippen LogP contribution >= 0.6 is 7.75 Å². The van der Waals surface area contributed by atoms with E-state index >= 15 is 0 Å². The van der Waals surface area contributed by atoms with E-state index in [-0.39, 0.29) is 55.1 Å². The lowest BCUT2D eigenvalue weighted by Gasteiger charge is -2.27. The van der Waals surface area contributed by atoms with Crippen LogP contribution in [-0.2, 0) is 28.2 Å². The van der Waals surface area contributed by atoms with E-state index in [2.05, 4.69) is 10.1 Å². The van der Waals surface area contributed by atoms with E-state index in [9.17, 15) is 18.9 Å². The monoisotopic (exact) mass is 660 g/mol. The van der Waals surface area contributed by atoms with Crippen LogP contribution in [-0.4, -0.2) is 47.4 Å². The van der Waals surface area contributed by atoms with Crippen LogP contribution < -0.4 is 21.0 Å². The predicted molar refractivity (Wildman–Crippen MR) is 177 cm³/mol. The summed E-state index contributed by atoms with van der Waals surface area (Å²) in [5.74, 6) is -0.597. The number of carbonyl (C=O) groups is 2. The smallest absolute Gasteiger partial charge is 0.459 e. The van der Waals surface area contributed by atoms with Gasteiger partial charge in [-0.05, 0) is 54.9 Å². The number of nitrogens with two attached hydrogens (primary N) is 1. The van der Waals surface area contributed by atoms with Crippen molar-refractivity contribution in [3.63, 3.8) is 0 Å². The molecular formula is C33H49N4O8P. The summed E-state index contributed by atoms with van der Waals surface area (Å²) in [6.07, 6.45) is 6.11. The summed E-state index contributed by atoms with van der Waals surface area (Å²) >= 11 is 0. The second-order valence-electron chi connectivity index (χ2n) is 12.4. The highest BCUT2D eigenvalue weighted by molar-refractivity contribution is 7.52. The number of nitrogens with zero attached hydrogens (tertiary/aromatic N) is 2. The second kappa shape index (κ2) is 16.9. The number of nitrogens with one attached hydrogen (secondary N) is 1. The molecule has 1 aliphatic rings. The minimum atomic E-state index is -4.24. The van der Waals surface area contributed by atoms with E-state index < -0.39 is 30.9 Å². The van der Waals surface area contributed by atoms with Gasteiger partial charge in [0, 0.05) is 12.4 Å². The Hall–Kier alpha value is -3.47. The van der Waals surface area contributed by atoms with Crippen molar-refractivity contribution < 1.29 is 32.7 Å². The minimum Gasteiger partial charge on any atom is -0.464 e. The normalized spacial score (nSPS) is 19.4. The minimum absolute atomic E-state index is 0.0551. The number of rotatable bonds is 19. The molecule has 1 aromatic heterocycles. The molecule has 0 saturated heterocycles. The van der Waals surface area contributed by atoms with E-state index in [1.165, 1.54) is 16.8 Å². The second-order valence-corrected chi connectivity index (χ2v) is 14.1. The van der Waals surface area contributed by atoms with Gasteiger partial charge in [0.15, 0.2) is 0 Å². The van der Waals surface area contributed by atoms with Gasteiger partial charge in [-0.1, -0.05) is 72.6 Å². The molecule has 13 heteroatoms. The number of benzene rings is 1. The molecule has 2 aromatic rings. The van der Waals surface area contributed by atoms with Gasteiger partial charge >= 0.3 is 25.4 Å². The van der Waals surface area contributed by atoms with Gasteiger partial charge in [0.2, 0.25) is 0 Å². The fourth-order valence-corrected chi connectivity index (χ4v) is 6.24. The molecule has 1 heterocycles. The van der Waals surface area contributed by atoms with Crippen LogP contribution in [0.15, 0.2) is 53.0 Å². The van der Waals surface area contributed by atoms with E-state index in [1.54, 1.807) is 43.5 Å². The first-order valence-electron chi connectivity index (χ1n) is 16.0. The Balaban J connectivity index is 1.91. The highest BCUT2D eigenvalue weighted by Gasteiger charge is 2.52. The predicted octanol–water partition coefficient (Wildman–Crippen LogP) is 5.83. The molecule has 4 atom stereocenters. The first-order valence-corrected chi connectivity index (χ1v) is 17.5. The number of para-hydroxylation sites is 1. The number of aromatic nitrogens is 2. The van der Waals surface area contributed by atoms with E-state index in [0.29, 0.717) is 24.8 Å². The van der Waals surface area contributed by atoms with Crippen LogP contribution in [0.3, 0.4) is 0 Å². The van der Waals surface area contributed by atoms with Crippen molar-refractivity contribution in [2.45, 2.75) is 79.7 Å². The maximum atomic E-state index is 14.5. The molecule has 12 nitrogen and oxygen atoms in total. The van der Waals surface area contributed by atoms with Gasteiger partial charge in [0.25, 0.3) is 0 Å². The summed E-state index contributed by atoms with van der Waals surface area (Å²) < 4.78 is 39.1. The van der Waals surface area contributed by atoms with E-state index in [1.807, 2.05) is 34.6 Å². The maximum absolute atomic E-state index is 14.5. The van der Waals surface area contributed by atoms with Gasteiger partial charge < -0.3 is 19.7 Å². The highest BCUT2D eigenvalue weighted by Crippen LogP contribution is 2.56. The highest BCUT2D eigenvalue weighted by atomic mass is 31.2. The quantitative estimate of drug-likeness (QED) is 0.138. The molecule has 1 fully saturated rings. The summed E-state index contributed by atoms with van der Waals surface area (Å²) in [5.41, 5.74) is 4.88. The summed E-state index contributed by atoms with van der Waals surface area (Å²) in [6, 6.07) is 9.03. The van der Waals surface area contributed by atoms with Crippen LogP contribution in [0.25, 0.3) is 6.20 Å². The molecule has 0 spiro atoms. The van der Waals surface area contributed by atoms with Crippen molar-refractivity contribution in [3.05, 3.63) is 58.7 Å². The molecule has 1 saturated carbocycles. The van der Waals surface area contributed by atoms with Gasteiger partial charge in [0.1, 0.15) is 24.2 Å². The van der Waals surface area contributed by atoms with Crippen molar-refractivity contribution in [1.29, 1.82) is 0 Å². The number of ether oxygens (including phenoxy) is 2. The standard InChI is InChI=1S/C33H49N4O8P/c1-7-24(6)30(38)43-21-33(18-26(33)19-37-16-15-29(34)35-32(37)40)22-44-46(41,45-27-13-11-10-12-14-27)36-28(17-23(4)5)31(39)42-20-25(8-2)9-3/h10-16,19,23-25,28H,7-9,17-18,20-22H2,1-6H3,(H,36,41)(H2,34,35,40)/b26-19-/t24?,28-,33?,46-/m0/s1. The molecule has 2 unspecified atom stereocenters. The van der Waals surface area contributed by atoms with Crippen molar-refractivity contribution in [1.82, 2.24) is 14.6 Å². The molecule has 0 amide bonds. The molecule has 1 aliphatic carbocycles. The molecule has 46 heavy (non-hydrogen) atoms. The Morgan fingerprint density at radius 2 is 1.74 bits per heavy atom. The molecule has 0 radical (unpaired) electrons. The SMILES string of the molecule is CCC(CC)COC(=O)[C@H](CC(C)C)N[P@](=O)(OCC1(COC(=O)C(C)CC)C/C1=C/n1ccc(N)nc1=O)Oc1ccccc1. The van der Waals surface area contributed by atoms with Gasteiger partial charge in [0.05, 0.1) is 24.5 Å². The molecule has 0 bridgehead atoms. The zero-order valence-corrected chi connectivity index (χ0v) is 28.7. The lowest BCUT2D eigenvalue weighted by Crippen LogP contribution is -2.39. The van der Waals surface area contributed by atoms with Crippen molar-refractivity contribution in [2.75, 3.05) is 25.6 Å². The molecule has 3 rings (SSSR count). The first-order chi connectivity index (χ1) is 21.8. The number of carbonyl (C=O) groups excluding carboxylic acids is 2. The van der Waals surface area contributed by atoms with E-state index in [4.69, 9.17) is 24.3 Å². The number of hydrogen-bond acceptors (Lipinski definition) is 10.